The molecular weight excluding hydrogens is 472 g/mol. The van der Waals surface area contributed by atoms with Gasteiger partial charge in [0, 0.05) is 11.1 Å². The van der Waals surface area contributed by atoms with Crippen molar-refractivity contribution < 1.29 is 33.1 Å². The van der Waals surface area contributed by atoms with Crippen LogP contribution in [0.4, 0.5) is 5.13 Å². The Balaban J connectivity index is 1.80. The third-order valence-corrected chi connectivity index (χ3v) is 7.67. The van der Waals surface area contributed by atoms with Crippen LogP contribution in [-0.4, -0.2) is 80.8 Å². The lowest BCUT2D eigenvalue weighted by Crippen LogP contribution is -2.71. The first-order valence-electron chi connectivity index (χ1n) is 8.31. The number of nitrogens with one attached hydrogen (secondary N) is 1. The third kappa shape index (κ3) is 4.33. The second-order valence-electron chi connectivity index (χ2n) is 6.33. The molecule has 1 aromatic heterocycles. The van der Waals surface area contributed by atoms with Crippen molar-refractivity contribution in [2.24, 2.45) is 5.16 Å². The van der Waals surface area contributed by atoms with Gasteiger partial charge in [0.2, 0.25) is 0 Å². The highest BCUT2D eigenvalue weighted by atomic mass is 32.2. The van der Waals surface area contributed by atoms with Crippen LogP contribution in [0.1, 0.15) is 5.69 Å². The molecule has 0 aliphatic carbocycles. The fourth-order valence-corrected chi connectivity index (χ4v) is 6.12. The number of nitrogens with two attached hydrogens (primary N) is 1. The van der Waals surface area contributed by atoms with Crippen molar-refractivity contribution in [3.63, 3.8) is 0 Å². The molecule has 0 bridgehead atoms. The Hall–Kier alpha value is -3.16. The number of anilines is 1. The lowest BCUT2D eigenvalue weighted by atomic mass is 10.0. The molecule has 13 nitrogen and oxygen atoms in total. The quantitative estimate of drug-likeness (QED) is 0.152. The van der Waals surface area contributed by atoms with E-state index in [-0.39, 0.29) is 22.2 Å². The Bertz CT molecular complexity index is 1170. The SMILES string of the molecule is N#CCS(=O)(=O)CC1=C(C(=O)O)N2C(=O)C(NC(=O)/C(=N\O)c3csc(N)n3)[C@H]2SC1. The van der Waals surface area contributed by atoms with E-state index in [1.165, 1.54) is 11.4 Å². The number of carboxylic acids is 1. The van der Waals surface area contributed by atoms with Gasteiger partial charge in [-0.2, -0.15) is 5.26 Å². The number of thioether (sulfide) groups is 1. The number of nitrogen functional groups attached to an aromatic ring is 1. The van der Waals surface area contributed by atoms with E-state index < -0.39 is 62.0 Å². The van der Waals surface area contributed by atoms with Crippen molar-refractivity contribution in [3.8, 4) is 6.07 Å². The fourth-order valence-electron chi connectivity index (χ4n) is 3.03. The number of amides is 2. The first-order chi connectivity index (χ1) is 14.6. The summed E-state index contributed by atoms with van der Waals surface area (Å²) >= 11 is 2.07. The molecule has 1 fully saturated rings. The van der Waals surface area contributed by atoms with Gasteiger partial charge in [0.15, 0.2) is 20.7 Å². The average molecular weight is 487 g/mol. The number of sulfone groups is 1. The minimum absolute atomic E-state index is 0.00136. The predicted octanol–water partition coefficient (Wildman–Crippen LogP) is -1.42. The molecule has 1 unspecified atom stereocenters. The molecule has 3 rings (SSSR count). The van der Waals surface area contributed by atoms with Crippen LogP contribution in [0.3, 0.4) is 0 Å². The van der Waals surface area contributed by atoms with Crippen molar-refractivity contribution in [2.45, 2.75) is 11.4 Å². The predicted molar refractivity (Wildman–Crippen MR) is 109 cm³/mol. The summed E-state index contributed by atoms with van der Waals surface area (Å²) in [7, 11) is -3.87. The molecule has 2 aliphatic rings. The van der Waals surface area contributed by atoms with Crippen LogP contribution in [0.15, 0.2) is 21.8 Å². The van der Waals surface area contributed by atoms with E-state index in [4.69, 9.17) is 16.2 Å². The van der Waals surface area contributed by atoms with Crippen molar-refractivity contribution >= 4 is 61.6 Å². The normalized spacial score (nSPS) is 21.2. The van der Waals surface area contributed by atoms with Crippen LogP contribution in [0.2, 0.25) is 0 Å². The maximum absolute atomic E-state index is 12.6. The summed E-state index contributed by atoms with van der Waals surface area (Å²) in [6.07, 6.45) is 0. The number of nitriles is 1. The number of oxime groups is 1. The van der Waals surface area contributed by atoms with Crippen molar-refractivity contribution in [1.29, 1.82) is 5.26 Å². The Kier molecular flexibility index (Phi) is 6.20. The summed E-state index contributed by atoms with van der Waals surface area (Å²) in [4.78, 5) is 41.5. The van der Waals surface area contributed by atoms with E-state index in [9.17, 15) is 27.9 Å². The summed E-state index contributed by atoms with van der Waals surface area (Å²) in [5, 5.41) is 33.3. The van der Waals surface area contributed by atoms with E-state index in [2.05, 4.69) is 15.5 Å². The number of thiazole rings is 1. The monoisotopic (exact) mass is 486 g/mol. The molecular formula is C15H14N6O7S3. The summed E-state index contributed by atoms with van der Waals surface area (Å²) in [6.45, 7) is 0. The lowest BCUT2D eigenvalue weighted by molar-refractivity contribution is -0.150. The van der Waals surface area contributed by atoms with Gasteiger partial charge in [0.25, 0.3) is 11.8 Å². The molecule has 0 aromatic carbocycles. The molecule has 5 N–H and O–H groups in total. The molecule has 1 aromatic rings. The number of hydrogen-bond acceptors (Lipinski definition) is 12. The van der Waals surface area contributed by atoms with Crippen LogP contribution < -0.4 is 11.1 Å². The minimum Gasteiger partial charge on any atom is -0.477 e. The summed E-state index contributed by atoms with van der Waals surface area (Å²) in [6, 6.07) is 0.380. The molecule has 2 amide bonds. The highest BCUT2D eigenvalue weighted by Crippen LogP contribution is 2.40. The highest BCUT2D eigenvalue weighted by Gasteiger charge is 2.54. The topological polar surface area (TPSA) is 216 Å². The Morgan fingerprint density at radius 3 is 2.74 bits per heavy atom. The van der Waals surface area contributed by atoms with Crippen LogP contribution in [0.5, 0.6) is 0 Å². The van der Waals surface area contributed by atoms with Gasteiger partial charge >= 0.3 is 5.97 Å². The van der Waals surface area contributed by atoms with Gasteiger partial charge in [-0.3, -0.25) is 14.5 Å². The zero-order valence-corrected chi connectivity index (χ0v) is 17.8. The van der Waals surface area contributed by atoms with E-state index >= 15 is 0 Å². The third-order valence-electron chi connectivity index (χ3n) is 4.29. The van der Waals surface area contributed by atoms with E-state index in [1.54, 1.807) is 0 Å². The summed E-state index contributed by atoms with van der Waals surface area (Å²) in [5.41, 5.74) is 4.52. The minimum atomic E-state index is -3.87. The van der Waals surface area contributed by atoms with Gasteiger partial charge in [-0.1, -0.05) is 5.16 Å². The first-order valence-corrected chi connectivity index (χ1v) is 12.1. The van der Waals surface area contributed by atoms with Crippen LogP contribution >= 0.6 is 23.1 Å². The molecule has 2 aliphatic heterocycles. The zero-order valence-electron chi connectivity index (χ0n) is 15.4. The Labute approximate surface area is 183 Å². The van der Waals surface area contributed by atoms with Gasteiger partial charge in [-0.05, 0) is 5.57 Å². The maximum Gasteiger partial charge on any atom is 0.352 e. The number of carbonyl (C=O) groups excluding carboxylic acids is 2. The van der Waals surface area contributed by atoms with Gasteiger partial charge in [0.1, 0.15) is 28.6 Å². The average Bonchev–Trinajstić information content (AvgIpc) is 3.11. The van der Waals surface area contributed by atoms with Gasteiger partial charge in [-0.25, -0.2) is 18.2 Å². The van der Waals surface area contributed by atoms with Crippen molar-refractivity contribution in [3.05, 3.63) is 22.3 Å². The summed E-state index contributed by atoms with van der Waals surface area (Å²) < 4.78 is 23.9. The maximum atomic E-state index is 12.6. The van der Waals surface area contributed by atoms with Crippen LogP contribution in [0, 0.1) is 11.3 Å². The van der Waals surface area contributed by atoms with Crippen LogP contribution in [-0.2, 0) is 24.2 Å². The van der Waals surface area contributed by atoms with E-state index in [0.717, 1.165) is 28.0 Å². The molecule has 2 atom stereocenters. The Morgan fingerprint density at radius 2 is 2.19 bits per heavy atom. The smallest absolute Gasteiger partial charge is 0.352 e. The number of β-lactam (4-membered cyclic amide) rings is 1. The Morgan fingerprint density at radius 1 is 1.48 bits per heavy atom. The number of carboxylic acid groups (broad SMARTS) is 1. The number of fused-ring (bicyclic) bond motifs is 1. The number of aliphatic carboxylic acids is 1. The number of hydrogen-bond donors (Lipinski definition) is 4. The van der Waals surface area contributed by atoms with Gasteiger partial charge in [0.05, 0.1) is 11.8 Å². The number of rotatable bonds is 7. The number of nitrogens with zero attached hydrogens (tertiary/aromatic N) is 4. The van der Waals surface area contributed by atoms with Gasteiger partial charge < -0.3 is 21.4 Å². The molecule has 31 heavy (non-hydrogen) atoms. The first kappa shape index (κ1) is 22.5. The molecule has 16 heteroatoms. The zero-order chi connectivity index (χ0) is 22.9. The largest absolute Gasteiger partial charge is 0.477 e. The molecule has 0 radical (unpaired) electrons. The van der Waals surface area contributed by atoms with Crippen molar-refractivity contribution in [2.75, 3.05) is 23.0 Å². The molecule has 1 saturated heterocycles. The molecule has 164 valence electrons. The van der Waals surface area contributed by atoms with Crippen molar-refractivity contribution in [1.82, 2.24) is 15.2 Å². The molecule has 0 spiro atoms. The second-order valence-corrected chi connectivity index (χ2v) is 10.4. The summed E-state index contributed by atoms with van der Waals surface area (Å²) in [5.74, 6) is -4.68. The lowest BCUT2D eigenvalue weighted by Gasteiger charge is -2.49. The standard InChI is InChI=1S/C15H14N6O7S3/c16-1-2-31(27,28)5-6-3-29-13-9(12(23)21(13)10(6)14(24)25)19-11(22)8(20-26)7-4-30-15(17)18-7/h4,9,13,26H,2-3,5H2,(H2,17,18)(H,19,22)(H,24,25)/b20-8-/t9?,13-/m1/s1. The second kappa shape index (κ2) is 8.53. The number of aromatic nitrogens is 1. The molecule has 3 heterocycles. The number of carbonyl (C=O) groups is 3. The highest BCUT2D eigenvalue weighted by molar-refractivity contribution is 8.00. The van der Waals surface area contributed by atoms with E-state index in [0.29, 0.717) is 0 Å². The van der Waals surface area contributed by atoms with Gasteiger partial charge in [-0.15, -0.1) is 23.1 Å². The van der Waals surface area contributed by atoms with E-state index in [1.807, 2.05) is 0 Å². The molecule has 0 saturated carbocycles. The van der Waals surface area contributed by atoms with Crippen LogP contribution in [0.25, 0.3) is 0 Å². The fraction of sp³-hybridized carbons (Fsp3) is 0.333.